The number of likely N-dealkylation sites (tertiary alicyclic amines) is 1. The van der Waals surface area contributed by atoms with Gasteiger partial charge in [0.25, 0.3) is 0 Å². The van der Waals surface area contributed by atoms with Gasteiger partial charge in [-0.1, -0.05) is 31.2 Å². The minimum Gasteiger partial charge on any atom is -0.371 e. The van der Waals surface area contributed by atoms with E-state index in [0.29, 0.717) is 11.8 Å². The molecule has 1 N–H and O–H groups in total. The molecule has 1 saturated heterocycles. The zero-order chi connectivity index (χ0) is 26.2. The Labute approximate surface area is 227 Å². The quantitative estimate of drug-likeness (QED) is 0.436. The van der Waals surface area contributed by atoms with E-state index in [0.717, 1.165) is 68.9 Å². The summed E-state index contributed by atoms with van der Waals surface area (Å²) in [7, 11) is 2.20. The van der Waals surface area contributed by atoms with Crippen LogP contribution in [0.15, 0.2) is 43.0 Å². The van der Waals surface area contributed by atoms with Crippen LogP contribution in [-0.4, -0.2) is 53.0 Å². The third kappa shape index (κ3) is 4.78. The van der Waals surface area contributed by atoms with Crippen molar-refractivity contribution in [3.05, 3.63) is 82.2 Å². The molecule has 1 aromatic heterocycles. The van der Waals surface area contributed by atoms with Gasteiger partial charge in [-0.05, 0) is 86.4 Å². The van der Waals surface area contributed by atoms with Crippen LogP contribution in [0.5, 0.6) is 0 Å². The van der Waals surface area contributed by atoms with Crippen LogP contribution in [0, 0.1) is 18.3 Å². The van der Waals surface area contributed by atoms with Crippen molar-refractivity contribution in [3.8, 4) is 17.5 Å². The van der Waals surface area contributed by atoms with E-state index in [2.05, 4.69) is 65.7 Å². The first-order valence-electron chi connectivity index (χ1n) is 14.4. The van der Waals surface area contributed by atoms with Crippen LogP contribution >= 0.6 is 0 Å². The first-order chi connectivity index (χ1) is 18.5. The molecule has 1 aliphatic carbocycles. The molecule has 3 aromatic rings. The van der Waals surface area contributed by atoms with E-state index in [1.807, 2.05) is 12.1 Å². The van der Waals surface area contributed by atoms with Gasteiger partial charge in [-0.2, -0.15) is 5.26 Å². The SMILES string of the molecule is C=C(c1cc(-c2nc3c([nH]2)CCN(C)CC3)c(C2CCC2)cc1C)N1CCC(c2ccc(C#N)cc2)CC1. The van der Waals surface area contributed by atoms with E-state index < -0.39 is 0 Å². The van der Waals surface area contributed by atoms with Crippen molar-refractivity contribution in [1.82, 2.24) is 19.8 Å². The van der Waals surface area contributed by atoms with Gasteiger partial charge in [0.1, 0.15) is 5.82 Å². The van der Waals surface area contributed by atoms with E-state index in [-0.39, 0.29) is 0 Å². The number of likely N-dealkylation sites (N-methyl/N-ethyl adjacent to an activating group) is 1. The van der Waals surface area contributed by atoms with Gasteiger partial charge in [0.2, 0.25) is 0 Å². The zero-order valence-corrected chi connectivity index (χ0v) is 22.9. The monoisotopic (exact) mass is 505 g/mol. The number of imidazole rings is 1. The van der Waals surface area contributed by atoms with Gasteiger partial charge >= 0.3 is 0 Å². The number of rotatable bonds is 5. The van der Waals surface area contributed by atoms with Gasteiger partial charge in [0.05, 0.1) is 17.3 Å². The van der Waals surface area contributed by atoms with E-state index >= 15 is 0 Å². The number of H-pyrrole nitrogens is 1. The number of fused-ring (bicyclic) bond motifs is 1. The number of aromatic amines is 1. The van der Waals surface area contributed by atoms with Gasteiger partial charge in [0, 0.05) is 61.5 Å². The van der Waals surface area contributed by atoms with Crippen LogP contribution in [0.25, 0.3) is 17.1 Å². The Balaban J connectivity index is 1.25. The highest BCUT2D eigenvalue weighted by Crippen LogP contribution is 2.43. The Kier molecular flexibility index (Phi) is 6.84. The van der Waals surface area contributed by atoms with Crippen LogP contribution in [-0.2, 0) is 12.8 Å². The molecule has 0 amide bonds. The Morgan fingerprint density at radius 2 is 1.74 bits per heavy atom. The number of aromatic nitrogens is 2. The Morgan fingerprint density at radius 1 is 1.00 bits per heavy atom. The summed E-state index contributed by atoms with van der Waals surface area (Å²) in [6.07, 6.45) is 8.15. The van der Waals surface area contributed by atoms with Crippen molar-refractivity contribution >= 4 is 5.70 Å². The molecule has 0 atom stereocenters. The number of benzene rings is 2. The largest absolute Gasteiger partial charge is 0.371 e. The average Bonchev–Trinajstić information content (AvgIpc) is 3.24. The highest BCUT2D eigenvalue weighted by Gasteiger charge is 2.28. The van der Waals surface area contributed by atoms with Crippen molar-refractivity contribution < 1.29 is 0 Å². The predicted octanol–water partition coefficient (Wildman–Crippen LogP) is 6.41. The first kappa shape index (κ1) is 24.9. The Morgan fingerprint density at radius 3 is 2.42 bits per heavy atom. The zero-order valence-electron chi connectivity index (χ0n) is 22.9. The molecule has 0 unspecified atom stereocenters. The lowest BCUT2D eigenvalue weighted by Gasteiger charge is -2.36. The minimum absolute atomic E-state index is 0.544. The van der Waals surface area contributed by atoms with Crippen LogP contribution in [0.1, 0.15) is 83.1 Å². The molecule has 196 valence electrons. The summed E-state index contributed by atoms with van der Waals surface area (Å²) >= 11 is 0. The molecule has 0 bridgehead atoms. The molecular weight excluding hydrogens is 466 g/mol. The van der Waals surface area contributed by atoms with Crippen LogP contribution in [0.3, 0.4) is 0 Å². The van der Waals surface area contributed by atoms with Gasteiger partial charge < -0.3 is 14.8 Å². The molecule has 0 spiro atoms. The van der Waals surface area contributed by atoms with E-state index in [4.69, 9.17) is 10.2 Å². The second-order valence-corrected chi connectivity index (χ2v) is 11.6. The highest BCUT2D eigenvalue weighted by molar-refractivity contribution is 5.74. The summed E-state index contributed by atoms with van der Waals surface area (Å²) in [5, 5.41) is 9.11. The highest BCUT2D eigenvalue weighted by atomic mass is 15.1. The maximum Gasteiger partial charge on any atom is 0.138 e. The molecule has 38 heavy (non-hydrogen) atoms. The van der Waals surface area contributed by atoms with E-state index in [1.165, 1.54) is 58.5 Å². The van der Waals surface area contributed by atoms with Crippen molar-refractivity contribution in [2.24, 2.45) is 0 Å². The summed E-state index contributed by atoms with van der Waals surface area (Å²) in [5.41, 5.74) is 11.1. The number of aryl methyl sites for hydroxylation is 1. The second-order valence-electron chi connectivity index (χ2n) is 11.6. The molecule has 2 aliphatic heterocycles. The predicted molar refractivity (Wildman–Crippen MR) is 154 cm³/mol. The lowest BCUT2D eigenvalue weighted by molar-refractivity contribution is 0.299. The number of hydrogen-bond donors (Lipinski definition) is 1. The number of nitrogens with zero attached hydrogens (tertiary/aromatic N) is 4. The van der Waals surface area contributed by atoms with Crippen molar-refractivity contribution in [2.45, 2.75) is 63.7 Å². The molecule has 0 radical (unpaired) electrons. The third-order valence-electron chi connectivity index (χ3n) is 9.23. The lowest BCUT2D eigenvalue weighted by atomic mass is 9.77. The number of hydrogen-bond acceptors (Lipinski definition) is 4. The molecular formula is C33H39N5. The first-order valence-corrected chi connectivity index (χ1v) is 14.4. The number of nitriles is 1. The van der Waals surface area contributed by atoms with E-state index in [9.17, 15) is 0 Å². The molecule has 5 nitrogen and oxygen atoms in total. The molecule has 2 fully saturated rings. The van der Waals surface area contributed by atoms with Crippen molar-refractivity contribution in [3.63, 3.8) is 0 Å². The fourth-order valence-corrected chi connectivity index (χ4v) is 6.48. The molecule has 3 heterocycles. The normalized spacial score (nSPS) is 18.9. The Hall–Kier alpha value is -3.36. The van der Waals surface area contributed by atoms with Gasteiger partial charge in [-0.3, -0.25) is 0 Å². The fraction of sp³-hybridized carbons (Fsp3) is 0.455. The fourth-order valence-electron chi connectivity index (χ4n) is 6.48. The van der Waals surface area contributed by atoms with E-state index in [1.54, 1.807) is 0 Å². The summed E-state index contributed by atoms with van der Waals surface area (Å²) in [4.78, 5) is 13.8. The van der Waals surface area contributed by atoms with Crippen LogP contribution in [0.2, 0.25) is 0 Å². The average molecular weight is 506 g/mol. The molecule has 6 rings (SSSR count). The van der Waals surface area contributed by atoms with Crippen LogP contribution < -0.4 is 0 Å². The summed E-state index contributed by atoms with van der Waals surface area (Å²) < 4.78 is 0. The number of nitrogens with one attached hydrogen (secondary N) is 1. The molecule has 3 aliphatic rings. The summed E-state index contributed by atoms with van der Waals surface area (Å²) in [6, 6.07) is 15.2. The third-order valence-corrected chi connectivity index (χ3v) is 9.23. The molecule has 2 aromatic carbocycles. The maximum absolute atomic E-state index is 9.11. The molecule has 5 heteroatoms. The summed E-state index contributed by atoms with van der Waals surface area (Å²) in [5.74, 6) is 2.24. The Bertz CT molecular complexity index is 1340. The van der Waals surface area contributed by atoms with Crippen LogP contribution in [0.4, 0.5) is 0 Å². The maximum atomic E-state index is 9.11. The lowest BCUT2D eigenvalue weighted by Crippen LogP contribution is -2.31. The summed E-state index contributed by atoms with van der Waals surface area (Å²) in [6.45, 7) is 11.0. The second kappa shape index (κ2) is 10.4. The smallest absolute Gasteiger partial charge is 0.138 e. The minimum atomic E-state index is 0.544. The van der Waals surface area contributed by atoms with Crippen molar-refractivity contribution in [2.75, 3.05) is 33.2 Å². The number of piperidine rings is 1. The molecule has 1 saturated carbocycles. The van der Waals surface area contributed by atoms with Gasteiger partial charge in [0.15, 0.2) is 0 Å². The van der Waals surface area contributed by atoms with Gasteiger partial charge in [-0.15, -0.1) is 0 Å². The van der Waals surface area contributed by atoms with Crippen molar-refractivity contribution in [1.29, 1.82) is 5.26 Å². The van der Waals surface area contributed by atoms with Gasteiger partial charge in [-0.25, -0.2) is 4.98 Å². The topological polar surface area (TPSA) is 59.0 Å². The standard InChI is InChI=1S/C33H39N5/c1-22-19-29(27-5-4-6-27)30(33-35-31-13-15-37(3)16-14-32(31)36-33)20-28(22)23(2)38-17-11-26(12-18-38)25-9-7-24(21-34)8-10-25/h7-10,19-20,26-27H,2,4-6,11-18H2,1,3H3,(H,35,36).